The van der Waals surface area contributed by atoms with Gasteiger partial charge in [-0.05, 0) is 19.3 Å². The van der Waals surface area contributed by atoms with Crippen LogP contribution in [0.4, 0.5) is 5.13 Å². The van der Waals surface area contributed by atoms with E-state index < -0.39 is 0 Å². The van der Waals surface area contributed by atoms with E-state index in [-0.39, 0.29) is 6.04 Å². The summed E-state index contributed by atoms with van der Waals surface area (Å²) in [5.74, 6) is 0.321. The number of methoxy groups -OCH3 is 1. The maximum Gasteiger partial charge on any atom is 0.186 e. The smallest absolute Gasteiger partial charge is 0.186 e. The molecule has 1 heterocycles. The van der Waals surface area contributed by atoms with Gasteiger partial charge >= 0.3 is 0 Å². The average Bonchev–Trinajstić information content (AvgIpc) is 2.81. The summed E-state index contributed by atoms with van der Waals surface area (Å²) in [6.07, 6.45) is 1.90. The fraction of sp³-hybridized carbons (Fsp3) is 0.692. The third-order valence-electron chi connectivity index (χ3n) is 3.23. The lowest BCUT2D eigenvalue weighted by Crippen LogP contribution is -2.32. The van der Waals surface area contributed by atoms with Crippen molar-refractivity contribution in [3.05, 3.63) is 10.6 Å². The second-order valence-corrected chi connectivity index (χ2v) is 5.60. The fourth-order valence-corrected chi connectivity index (χ4v) is 2.72. The molecule has 0 aromatic carbocycles. The Morgan fingerprint density at radius 2 is 2.17 bits per heavy atom. The van der Waals surface area contributed by atoms with E-state index in [9.17, 15) is 4.79 Å². The molecule has 0 spiro atoms. The number of carbonyl (C=O) groups excluding carboxylic acids is 1. The van der Waals surface area contributed by atoms with Gasteiger partial charge in [-0.3, -0.25) is 4.79 Å². The van der Waals surface area contributed by atoms with Gasteiger partial charge in [0.05, 0.1) is 23.2 Å². The Balaban J connectivity index is 2.97. The summed E-state index contributed by atoms with van der Waals surface area (Å²) in [6, 6.07) is 0.241. The molecule has 2 atom stereocenters. The Kier molecular flexibility index (Phi) is 5.75. The number of rotatable bonds is 7. The lowest BCUT2D eigenvalue weighted by Gasteiger charge is -2.23. The highest BCUT2D eigenvalue weighted by molar-refractivity contribution is 7.17. The minimum absolute atomic E-state index is 0.241. The molecular formula is C13H22N2O2S. The monoisotopic (exact) mass is 270 g/mol. The molecule has 2 unspecified atom stereocenters. The zero-order valence-electron chi connectivity index (χ0n) is 11.8. The molecule has 0 N–H and O–H groups in total. The van der Waals surface area contributed by atoms with Crippen LogP contribution in [0.1, 0.15) is 48.5 Å². The van der Waals surface area contributed by atoms with Crippen molar-refractivity contribution >= 4 is 22.8 Å². The highest BCUT2D eigenvalue weighted by Gasteiger charge is 2.19. The molecule has 0 aliphatic carbocycles. The molecule has 102 valence electrons. The van der Waals surface area contributed by atoms with Crippen molar-refractivity contribution in [3.63, 3.8) is 0 Å². The van der Waals surface area contributed by atoms with E-state index in [4.69, 9.17) is 4.74 Å². The number of aldehydes is 1. The highest BCUT2D eigenvalue weighted by Crippen LogP contribution is 2.31. The zero-order valence-corrected chi connectivity index (χ0v) is 12.6. The van der Waals surface area contributed by atoms with Gasteiger partial charge in [-0.1, -0.05) is 25.2 Å². The number of anilines is 1. The lowest BCUT2D eigenvalue weighted by molar-refractivity contribution is 0.112. The quantitative estimate of drug-likeness (QED) is 0.714. The van der Waals surface area contributed by atoms with Gasteiger partial charge in [-0.15, -0.1) is 0 Å². The van der Waals surface area contributed by atoms with Crippen LogP contribution in [0.15, 0.2) is 0 Å². The molecule has 5 heteroatoms. The molecule has 0 saturated heterocycles. The Morgan fingerprint density at radius 3 is 2.67 bits per heavy atom. The highest BCUT2D eigenvalue weighted by atomic mass is 32.1. The van der Waals surface area contributed by atoms with Crippen molar-refractivity contribution in [2.24, 2.45) is 0 Å². The average molecular weight is 270 g/mol. The van der Waals surface area contributed by atoms with E-state index in [1.807, 2.05) is 7.05 Å². The number of hydrogen-bond acceptors (Lipinski definition) is 5. The predicted molar refractivity (Wildman–Crippen MR) is 75.9 cm³/mol. The molecule has 4 nitrogen and oxygen atoms in total. The molecule has 0 aliphatic rings. The molecule has 1 rings (SSSR count). The van der Waals surface area contributed by atoms with Crippen molar-refractivity contribution in [1.29, 1.82) is 0 Å². The molecule has 0 fully saturated rings. The van der Waals surface area contributed by atoms with E-state index >= 15 is 0 Å². The molecular weight excluding hydrogens is 248 g/mol. The van der Waals surface area contributed by atoms with Crippen LogP contribution in [-0.4, -0.2) is 38.1 Å². The van der Waals surface area contributed by atoms with Crippen LogP contribution in [0.5, 0.6) is 0 Å². The minimum Gasteiger partial charge on any atom is -0.383 e. The van der Waals surface area contributed by atoms with Crippen molar-refractivity contribution in [3.8, 4) is 0 Å². The molecule has 0 radical (unpaired) electrons. The Morgan fingerprint density at radius 1 is 1.50 bits per heavy atom. The maximum atomic E-state index is 11.1. The van der Waals surface area contributed by atoms with Crippen LogP contribution in [0.3, 0.4) is 0 Å². The topological polar surface area (TPSA) is 42.4 Å². The summed E-state index contributed by atoms with van der Waals surface area (Å²) in [5.41, 5.74) is 0.920. The van der Waals surface area contributed by atoms with Gasteiger partial charge in [0.2, 0.25) is 0 Å². The van der Waals surface area contributed by atoms with Crippen molar-refractivity contribution in [2.45, 2.75) is 39.2 Å². The number of hydrogen-bond donors (Lipinski definition) is 0. The first-order chi connectivity index (χ1) is 8.54. The molecule has 0 amide bonds. The standard InChI is InChI=1S/C13H22N2O2S/c1-6-9(2)12-11(7-16)18-13(14-12)15(4)10(3)8-17-5/h7,9-10H,6,8H2,1-5H3. The van der Waals surface area contributed by atoms with Crippen LogP contribution in [-0.2, 0) is 4.74 Å². The molecule has 1 aromatic rings. The molecule has 1 aromatic heterocycles. The predicted octanol–water partition coefficient (Wildman–Crippen LogP) is 2.94. The van der Waals surface area contributed by atoms with Crippen LogP contribution in [0.2, 0.25) is 0 Å². The normalized spacial score (nSPS) is 14.3. The maximum absolute atomic E-state index is 11.1. The van der Waals surface area contributed by atoms with Crippen LogP contribution in [0, 0.1) is 0 Å². The zero-order chi connectivity index (χ0) is 13.7. The van der Waals surface area contributed by atoms with Crippen molar-refractivity contribution < 1.29 is 9.53 Å². The lowest BCUT2D eigenvalue weighted by atomic mass is 10.0. The second-order valence-electron chi connectivity index (χ2n) is 4.59. The van der Waals surface area contributed by atoms with Gasteiger partial charge in [0.1, 0.15) is 0 Å². The fourth-order valence-electron chi connectivity index (χ4n) is 1.65. The van der Waals surface area contributed by atoms with E-state index in [2.05, 4.69) is 30.7 Å². The Hall–Kier alpha value is -0.940. The summed E-state index contributed by atoms with van der Waals surface area (Å²) < 4.78 is 5.14. The van der Waals surface area contributed by atoms with Gasteiger partial charge in [0.25, 0.3) is 0 Å². The minimum atomic E-state index is 0.241. The number of likely N-dealkylation sites (N-methyl/N-ethyl adjacent to an activating group) is 1. The summed E-state index contributed by atoms with van der Waals surface area (Å²) in [4.78, 5) is 18.5. The van der Waals surface area contributed by atoms with Crippen LogP contribution < -0.4 is 4.90 Å². The van der Waals surface area contributed by atoms with E-state index in [1.54, 1.807) is 7.11 Å². The third-order valence-corrected chi connectivity index (χ3v) is 4.31. The third kappa shape index (κ3) is 3.29. The molecule has 0 bridgehead atoms. The first kappa shape index (κ1) is 15.1. The van der Waals surface area contributed by atoms with Gasteiger partial charge in [-0.25, -0.2) is 4.98 Å². The first-order valence-electron chi connectivity index (χ1n) is 6.22. The molecule has 0 saturated carbocycles. The van der Waals surface area contributed by atoms with Gasteiger partial charge in [0.15, 0.2) is 11.4 Å². The molecule has 18 heavy (non-hydrogen) atoms. The summed E-state index contributed by atoms with van der Waals surface area (Å²) in [6.45, 7) is 6.93. The largest absolute Gasteiger partial charge is 0.383 e. The number of ether oxygens (including phenoxy) is 1. The SMILES string of the molecule is CCC(C)c1nc(N(C)C(C)COC)sc1C=O. The van der Waals surface area contributed by atoms with Crippen LogP contribution in [0.25, 0.3) is 0 Å². The Bertz CT molecular complexity index is 392. The summed E-state index contributed by atoms with van der Waals surface area (Å²) in [7, 11) is 3.67. The van der Waals surface area contributed by atoms with E-state index in [0.717, 1.165) is 28.4 Å². The van der Waals surface area contributed by atoms with Crippen molar-refractivity contribution in [2.75, 3.05) is 25.7 Å². The molecule has 0 aliphatic heterocycles. The number of nitrogens with zero attached hydrogens (tertiary/aromatic N) is 2. The summed E-state index contributed by atoms with van der Waals surface area (Å²) >= 11 is 1.46. The van der Waals surface area contributed by atoms with Crippen molar-refractivity contribution in [1.82, 2.24) is 4.98 Å². The summed E-state index contributed by atoms with van der Waals surface area (Å²) in [5, 5.41) is 0.886. The Labute approximate surface area is 113 Å². The number of thiazole rings is 1. The first-order valence-corrected chi connectivity index (χ1v) is 7.04. The number of aromatic nitrogens is 1. The van der Waals surface area contributed by atoms with Crippen LogP contribution >= 0.6 is 11.3 Å². The van der Waals surface area contributed by atoms with Gasteiger partial charge in [0, 0.05) is 14.2 Å². The second kappa shape index (κ2) is 6.85. The van der Waals surface area contributed by atoms with Gasteiger partial charge in [-0.2, -0.15) is 0 Å². The van der Waals surface area contributed by atoms with Gasteiger partial charge < -0.3 is 9.64 Å². The van der Waals surface area contributed by atoms with E-state index in [0.29, 0.717) is 12.5 Å². The van der Waals surface area contributed by atoms with E-state index in [1.165, 1.54) is 11.3 Å². The number of carbonyl (C=O) groups is 1.